The van der Waals surface area contributed by atoms with Gasteiger partial charge in [0.05, 0.1) is 5.00 Å². The molecule has 1 heterocycles. The van der Waals surface area contributed by atoms with Crippen molar-refractivity contribution >= 4 is 16.3 Å². The predicted octanol–water partition coefficient (Wildman–Crippen LogP) is 5.13. The van der Waals surface area contributed by atoms with Gasteiger partial charge < -0.3 is 5.73 Å². The summed E-state index contributed by atoms with van der Waals surface area (Å²) in [6.45, 7) is 8.78. The number of hydrogen-bond acceptors (Lipinski definition) is 2. The smallest absolute Gasteiger partial charge is 0.0941 e. The Morgan fingerprint density at radius 3 is 2.22 bits per heavy atom. The monoisotopic (exact) mass is 259 g/mol. The van der Waals surface area contributed by atoms with E-state index in [1.807, 2.05) is 0 Å². The van der Waals surface area contributed by atoms with Gasteiger partial charge in [-0.2, -0.15) is 0 Å². The first kappa shape index (κ1) is 13.2. The first-order chi connectivity index (χ1) is 8.54. The Morgan fingerprint density at radius 1 is 1.17 bits per heavy atom. The fraction of sp³-hybridized carbons (Fsp3) is 0.375. The molecule has 1 nitrogen and oxygen atoms in total. The number of hydrogen-bond donors (Lipinski definition) is 1. The van der Waals surface area contributed by atoms with Crippen molar-refractivity contribution in [1.82, 2.24) is 0 Å². The van der Waals surface area contributed by atoms with Crippen molar-refractivity contribution < 1.29 is 0 Å². The Labute approximate surface area is 114 Å². The van der Waals surface area contributed by atoms with E-state index in [0.29, 0.717) is 5.92 Å². The minimum atomic E-state index is 0.627. The second kappa shape index (κ2) is 5.15. The van der Waals surface area contributed by atoms with Gasteiger partial charge in [0.15, 0.2) is 0 Å². The van der Waals surface area contributed by atoms with Crippen molar-refractivity contribution in [2.24, 2.45) is 0 Å². The lowest BCUT2D eigenvalue weighted by atomic mass is 9.95. The van der Waals surface area contributed by atoms with Crippen LogP contribution in [0.2, 0.25) is 0 Å². The quantitative estimate of drug-likeness (QED) is 0.812. The average molecular weight is 259 g/mol. The molecule has 0 aliphatic heterocycles. The molecule has 0 saturated heterocycles. The van der Waals surface area contributed by atoms with Crippen molar-refractivity contribution in [2.45, 2.75) is 40.0 Å². The lowest BCUT2D eigenvalue weighted by Gasteiger charge is -2.10. The average Bonchev–Trinajstić information content (AvgIpc) is 2.63. The number of thiophene rings is 1. The van der Waals surface area contributed by atoms with Gasteiger partial charge in [-0.05, 0) is 42.9 Å². The van der Waals surface area contributed by atoms with Crippen LogP contribution in [0.1, 0.15) is 42.2 Å². The highest BCUT2D eigenvalue weighted by Crippen LogP contribution is 2.38. The molecule has 1 unspecified atom stereocenters. The molecule has 1 aromatic heterocycles. The van der Waals surface area contributed by atoms with E-state index in [9.17, 15) is 0 Å². The zero-order chi connectivity index (χ0) is 13.3. The van der Waals surface area contributed by atoms with E-state index >= 15 is 0 Å². The predicted molar refractivity (Wildman–Crippen MR) is 82.3 cm³/mol. The SMILES string of the molecule is CCC(C)c1ccc(-c2c(N)sc(C)c2C)cc1. The topological polar surface area (TPSA) is 26.0 Å². The zero-order valence-corrected chi connectivity index (χ0v) is 12.4. The zero-order valence-electron chi connectivity index (χ0n) is 11.6. The molecule has 0 spiro atoms. The molecule has 0 aliphatic rings. The van der Waals surface area contributed by atoms with Crippen LogP contribution in [0.15, 0.2) is 24.3 Å². The van der Waals surface area contributed by atoms with Crippen LogP contribution in [-0.2, 0) is 0 Å². The van der Waals surface area contributed by atoms with E-state index in [4.69, 9.17) is 5.73 Å². The maximum absolute atomic E-state index is 6.12. The van der Waals surface area contributed by atoms with Gasteiger partial charge in [-0.15, -0.1) is 11.3 Å². The van der Waals surface area contributed by atoms with Gasteiger partial charge in [-0.3, -0.25) is 0 Å². The van der Waals surface area contributed by atoms with E-state index < -0.39 is 0 Å². The fourth-order valence-corrected chi connectivity index (χ4v) is 3.18. The summed E-state index contributed by atoms with van der Waals surface area (Å²) in [5, 5.41) is 0.932. The van der Waals surface area contributed by atoms with Crippen LogP contribution in [0, 0.1) is 13.8 Å². The highest BCUT2D eigenvalue weighted by atomic mass is 32.1. The van der Waals surface area contributed by atoms with Gasteiger partial charge in [0.2, 0.25) is 0 Å². The molecule has 2 rings (SSSR count). The molecule has 1 atom stereocenters. The molecule has 0 radical (unpaired) electrons. The lowest BCUT2D eigenvalue weighted by Crippen LogP contribution is -1.91. The van der Waals surface area contributed by atoms with Crippen LogP contribution >= 0.6 is 11.3 Å². The van der Waals surface area contributed by atoms with Crippen LogP contribution in [0.3, 0.4) is 0 Å². The van der Waals surface area contributed by atoms with Crippen LogP contribution in [0.25, 0.3) is 11.1 Å². The molecule has 0 saturated carbocycles. The van der Waals surface area contributed by atoms with Crippen molar-refractivity contribution in [2.75, 3.05) is 5.73 Å². The summed E-state index contributed by atoms with van der Waals surface area (Å²) in [5.74, 6) is 0.627. The number of nitrogen functional groups attached to an aromatic ring is 1. The molecule has 96 valence electrons. The van der Waals surface area contributed by atoms with E-state index in [2.05, 4.69) is 52.0 Å². The van der Waals surface area contributed by atoms with E-state index in [1.54, 1.807) is 11.3 Å². The van der Waals surface area contributed by atoms with Crippen molar-refractivity contribution in [3.63, 3.8) is 0 Å². The minimum Gasteiger partial charge on any atom is -0.390 e. The number of aryl methyl sites for hydroxylation is 1. The molecular weight excluding hydrogens is 238 g/mol. The minimum absolute atomic E-state index is 0.627. The second-order valence-electron chi connectivity index (χ2n) is 4.95. The summed E-state index contributed by atoms with van der Waals surface area (Å²) in [4.78, 5) is 1.31. The number of rotatable bonds is 3. The lowest BCUT2D eigenvalue weighted by molar-refractivity contribution is 0.734. The standard InChI is InChI=1S/C16H21NS/c1-5-10(2)13-6-8-14(9-7-13)15-11(3)12(4)18-16(15)17/h6-10H,5,17H2,1-4H3. The molecule has 18 heavy (non-hydrogen) atoms. The summed E-state index contributed by atoms with van der Waals surface area (Å²) in [7, 11) is 0. The van der Waals surface area contributed by atoms with E-state index in [1.165, 1.54) is 33.6 Å². The van der Waals surface area contributed by atoms with Gasteiger partial charge in [0, 0.05) is 10.4 Å². The molecular formula is C16H21NS. The van der Waals surface area contributed by atoms with Crippen molar-refractivity contribution in [1.29, 1.82) is 0 Å². The Hall–Kier alpha value is -1.28. The molecule has 1 aromatic carbocycles. The van der Waals surface area contributed by atoms with Crippen LogP contribution in [0.4, 0.5) is 5.00 Å². The van der Waals surface area contributed by atoms with Crippen LogP contribution in [0.5, 0.6) is 0 Å². The number of benzene rings is 1. The highest BCUT2D eigenvalue weighted by molar-refractivity contribution is 7.16. The maximum atomic E-state index is 6.12. The van der Waals surface area contributed by atoms with Crippen LogP contribution < -0.4 is 5.73 Å². The van der Waals surface area contributed by atoms with Crippen molar-refractivity contribution in [3.8, 4) is 11.1 Å². The second-order valence-corrected chi connectivity index (χ2v) is 6.21. The molecule has 0 fully saturated rings. The molecule has 0 bridgehead atoms. The third-order valence-corrected chi connectivity index (χ3v) is 4.83. The van der Waals surface area contributed by atoms with Crippen molar-refractivity contribution in [3.05, 3.63) is 40.3 Å². The Morgan fingerprint density at radius 2 is 1.78 bits per heavy atom. The Bertz CT molecular complexity index is 537. The summed E-state index contributed by atoms with van der Waals surface area (Å²) in [6.07, 6.45) is 1.18. The first-order valence-electron chi connectivity index (χ1n) is 6.50. The highest BCUT2D eigenvalue weighted by Gasteiger charge is 2.12. The first-order valence-corrected chi connectivity index (χ1v) is 7.32. The van der Waals surface area contributed by atoms with Gasteiger partial charge in [0.25, 0.3) is 0 Å². The molecule has 0 amide bonds. The Kier molecular flexibility index (Phi) is 3.76. The Balaban J connectivity index is 2.40. The third-order valence-electron chi connectivity index (χ3n) is 3.79. The van der Waals surface area contributed by atoms with Gasteiger partial charge in [0.1, 0.15) is 0 Å². The van der Waals surface area contributed by atoms with Crippen LogP contribution in [-0.4, -0.2) is 0 Å². The number of nitrogens with two attached hydrogens (primary N) is 1. The summed E-state index contributed by atoms with van der Waals surface area (Å²) in [5.41, 5.74) is 11.3. The van der Waals surface area contributed by atoms with E-state index in [0.717, 1.165) is 5.00 Å². The summed E-state index contributed by atoms with van der Waals surface area (Å²) >= 11 is 1.68. The number of anilines is 1. The van der Waals surface area contributed by atoms with Gasteiger partial charge >= 0.3 is 0 Å². The molecule has 0 aliphatic carbocycles. The maximum Gasteiger partial charge on any atom is 0.0941 e. The van der Waals surface area contributed by atoms with E-state index in [-0.39, 0.29) is 0 Å². The third kappa shape index (κ3) is 2.30. The summed E-state index contributed by atoms with van der Waals surface area (Å²) in [6, 6.07) is 8.86. The normalized spacial score (nSPS) is 12.7. The molecule has 2 aromatic rings. The summed E-state index contributed by atoms with van der Waals surface area (Å²) < 4.78 is 0. The largest absolute Gasteiger partial charge is 0.390 e. The van der Waals surface area contributed by atoms with Gasteiger partial charge in [-0.25, -0.2) is 0 Å². The molecule has 2 heteroatoms. The van der Waals surface area contributed by atoms with Gasteiger partial charge in [-0.1, -0.05) is 38.1 Å². The molecule has 2 N–H and O–H groups in total. The fourth-order valence-electron chi connectivity index (χ4n) is 2.23.